The highest BCUT2D eigenvalue weighted by molar-refractivity contribution is 9.11. The van der Waals surface area contributed by atoms with E-state index in [9.17, 15) is 0 Å². The Kier molecular flexibility index (Phi) is 4.89. The Hall–Kier alpha value is -0.160. The third-order valence-corrected chi connectivity index (χ3v) is 6.27. The summed E-state index contributed by atoms with van der Waals surface area (Å²) in [5, 5.41) is 1.10. The molecule has 2 nitrogen and oxygen atoms in total. The maximum atomic E-state index is 6.28. The summed E-state index contributed by atoms with van der Waals surface area (Å²) in [6.45, 7) is 0. The van der Waals surface area contributed by atoms with Crippen molar-refractivity contribution < 1.29 is 0 Å². The van der Waals surface area contributed by atoms with E-state index < -0.39 is 0 Å². The van der Waals surface area contributed by atoms with E-state index in [1.807, 2.05) is 18.2 Å². The quantitative estimate of drug-likeness (QED) is 0.479. The second-order valence-corrected chi connectivity index (χ2v) is 7.56. The SMILES string of the molecule is Clc1cc(-c2nc(Cl)c(Br)c(C3CCCC3)n2)ccc1Br. The highest BCUT2D eigenvalue weighted by Crippen LogP contribution is 2.39. The van der Waals surface area contributed by atoms with Crippen LogP contribution in [0.15, 0.2) is 27.1 Å². The van der Waals surface area contributed by atoms with Crippen LogP contribution in [-0.2, 0) is 0 Å². The van der Waals surface area contributed by atoms with E-state index in [1.165, 1.54) is 12.8 Å². The Labute approximate surface area is 150 Å². The molecule has 1 fully saturated rings. The highest BCUT2D eigenvalue weighted by atomic mass is 79.9. The summed E-state index contributed by atoms with van der Waals surface area (Å²) in [4.78, 5) is 9.12. The molecule has 1 aromatic heterocycles. The molecule has 0 aliphatic heterocycles. The van der Waals surface area contributed by atoms with Gasteiger partial charge in [-0.05, 0) is 62.9 Å². The molecule has 1 heterocycles. The zero-order valence-corrected chi connectivity index (χ0v) is 15.7. The van der Waals surface area contributed by atoms with Gasteiger partial charge in [0.2, 0.25) is 0 Å². The van der Waals surface area contributed by atoms with Crippen LogP contribution in [0.3, 0.4) is 0 Å². The van der Waals surface area contributed by atoms with Crippen molar-refractivity contribution in [1.82, 2.24) is 9.97 Å². The predicted molar refractivity (Wildman–Crippen MR) is 94.1 cm³/mol. The lowest BCUT2D eigenvalue weighted by Crippen LogP contribution is -2.02. The Balaban J connectivity index is 2.08. The molecule has 0 spiro atoms. The van der Waals surface area contributed by atoms with Gasteiger partial charge >= 0.3 is 0 Å². The molecule has 6 heteroatoms. The van der Waals surface area contributed by atoms with Crippen LogP contribution in [-0.4, -0.2) is 9.97 Å². The van der Waals surface area contributed by atoms with E-state index in [1.54, 1.807) is 0 Å². The number of rotatable bonds is 2. The first kappa shape index (κ1) is 15.7. The maximum Gasteiger partial charge on any atom is 0.161 e. The minimum Gasteiger partial charge on any atom is -0.231 e. The molecule has 2 aromatic rings. The largest absolute Gasteiger partial charge is 0.231 e. The Bertz CT molecular complexity index is 686. The summed E-state index contributed by atoms with van der Waals surface area (Å²) in [5.74, 6) is 1.09. The smallest absolute Gasteiger partial charge is 0.161 e. The molecule has 21 heavy (non-hydrogen) atoms. The van der Waals surface area contributed by atoms with Crippen molar-refractivity contribution >= 4 is 55.1 Å². The second-order valence-electron chi connectivity index (χ2n) is 5.15. The van der Waals surface area contributed by atoms with Crippen LogP contribution in [0.2, 0.25) is 10.2 Å². The first-order valence-corrected chi connectivity index (χ1v) is 9.09. The number of benzene rings is 1. The van der Waals surface area contributed by atoms with Crippen molar-refractivity contribution in [3.63, 3.8) is 0 Å². The molecule has 0 atom stereocenters. The molecule has 1 aliphatic carbocycles. The molecule has 1 aromatic carbocycles. The summed E-state index contributed by atoms with van der Waals surface area (Å²) in [6.07, 6.45) is 4.81. The van der Waals surface area contributed by atoms with E-state index in [0.717, 1.165) is 33.0 Å². The van der Waals surface area contributed by atoms with Crippen LogP contribution in [0, 0.1) is 0 Å². The average molecular weight is 451 g/mol. The summed E-state index contributed by atoms with van der Waals surface area (Å²) >= 11 is 19.4. The first-order chi connectivity index (χ1) is 10.1. The van der Waals surface area contributed by atoms with E-state index in [2.05, 4.69) is 36.8 Å². The molecular weight excluding hydrogens is 439 g/mol. The van der Waals surface area contributed by atoms with Crippen molar-refractivity contribution in [1.29, 1.82) is 0 Å². The summed E-state index contributed by atoms with van der Waals surface area (Å²) < 4.78 is 1.68. The van der Waals surface area contributed by atoms with Crippen LogP contribution < -0.4 is 0 Å². The van der Waals surface area contributed by atoms with Crippen LogP contribution in [0.5, 0.6) is 0 Å². The van der Waals surface area contributed by atoms with Gasteiger partial charge in [0, 0.05) is 16.0 Å². The lowest BCUT2D eigenvalue weighted by molar-refractivity contribution is 0.691. The maximum absolute atomic E-state index is 6.28. The normalized spacial score (nSPS) is 15.6. The fourth-order valence-electron chi connectivity index (χ4n) is 2.67. The summed E-state index contributed by atoms with van der Waals surface area (Å²) in [7, 11) is 0. The van der Waals surface area contributed by atoms with Gasteiger partial charge in [0.05, 0.1) is 15.2 Å². The predicted octanol–water partition coefficient (Wildman–Crippen LogP) is 6.63. The fourth-order valence-corrected chi connectivity index (χ4v) is 3.78. The minimum atomic E-state index is 0.459. The fraction of sp³-hybridized carbons (Fsp3) is 0.333. The van der Waals surface area contributed by atoms with Crippen molar-refractivity contribution in [2.75, 3.05) is 0 Å². The van der Waals surface area contributed by atoms with E-state index >= 15 is 0 Å². The summed E-state index contributed by atoms with van der Waals surface area (Å²) in [5.41, 5.74) is 1.89. The zero-order valence-electron chi connectivity index (χ0n) is 11.0. The first-order valence-electron chi connectivity index (χ1n) is 6.74. The number of nitrogens with zero attached hydrogens (tertiary/aromatic N) is 2. The van der Waals surface area contributed by atoms with Gasteiger partial charge in [0.25, 0.3) is 0 Å². The van der Waals surface area contributed by atoms with Crippen molar-refractivity contribution in [2.24, 2.45) is 0 Å². The summed E-state index contributed by atoms with van der Waals surface area (Å²) in [6, 6.07) is 5.68. The van der Waals surface area contributed by atoms with Gasteiger partial charge in [-0.1, -0.05) is 36.0 Å². The standard InChI is InChI=1S/C15H12Br2Cl2N2/c16-10-6-5-9(7-11(10)18)15-20-13(8-3-1-2-4-8)12(17)14(19)21-15/h5-8H,1-4H2. The van der Waals surface area contributed by atoms with Gasteiger partial charge in [0.1, 0.15) is 5.15 Å². The average Bonchev–Trinajstić information content (AvgIpc) is 2.98. The lowest BCUT2D eigenvalue weighted by Gasteiger charge is -2.13. The molecule has 0 bridgehead atoms. The highest BCUT2D eigenvalue weighted by Gasteiger charge is 2.23. The van der Waals surface area contributed by atoms with Gasteiger partial charge in [-0.25, -0.2) is 9.97 Å². The molecular formula is C15H12Br2Cl2N2. The van der Waals surface area contributed by atoms with Crippen LogP contribution in [0.1, 0.15) is 37.3 Å². The molecule has 3 rings (SSSR count). The van der Waals surface area contributed by atoms with Crippen LogP contribution in [0.25, 0.3) is 11.4 Å². The van der Waals surface area contributed by atoms with Crippen molar-refractivity contribution in [3.8, 4) is 11.4 Å². The number of aromatic nitrogens is 2. The Morgan fingerprint density at radius 2 is 1.76 bits per heavy atom. The molecule has 0 N–H and O–H groups in total. The van der Waals surface area contributed by atoms with E-state index in [0.29, 0.717) is 21.9 Å². The lowest BCUT2D eigenvalue weighted by atomic mass is 10.0. The van der Waals surface area contributed by atoms with E-state index in [4.69, 9.17) is 28.2 Å². The minimum absolute atomic E-state index is 0.459. The molecule has 0 unspecified atom stereocenters. The molecule has 0 radical (unpaired) electrons. The van der Waals surface area contributed by atoms with Gasteiger partial charge in [-0.3, -0.25) is 0 Å². The van der Waals surface area contributed by atoms with Gasteiger partial charge in [-0.15, -0.1) is 0 Å². The van der Waals surface area contributed by atoms with Crippen LogP contribution in [0.4, 0.5) is 0 Å². The number of halogens is 4. The van der Waals surface area contributed by atoms with Gasteiger partial charge in [0.15, 0.2) is 5.82 Å². The van der Waals surface area contributed by atoms with Crippen molar-refractivity contribution in [2.45, 2.75) is 31.6 Å². The Morgan fingerprint density at radius 1 is 1.05 bits per heavy atom. The molecule has 0 amide bonds. The number of hydrogen-bond donors (Lipinski definition) is 0. The van der Waals surface area contributed by atoms with Gasteiger partial charge < -0.3 is 0 Å². The molecule has 1 saturated carbocycles. The second kappa shape index (κ2) is 6.53. The zero-order chi connectivity index (χ0) is 15.0. The third-order valence-electron chi connectivity index (χ3n) is 3.76. The van der Waals surface area contributed by atoms with Crippen LogP contribution >= 0.6 is 55.1 Å². The third kappa shape index (κ3) is 3.29. The molecule has 0 saturated heterocycles. The van der Waals surface area contributed by atoms with E-state index in [-0.39, 0.29) is 0 Å². The molecule has 1 aliphatic rings. The van der Waals surface area contributed by atoms with Crippen molar-refractivity contribution in [3.05, 3.63) is 43.0 Å². The number of hydrogen-bond acceptors (Lipinski definition) is 2. The Morgan fingerprint density at radius 3 is 2.43 bits per heavy atom. The topological polar surface area (TPSA) is 25.8 Å². The van der Waals surface area contributed by atoms with Gasteiger partial charge in [-0.2, -0.15) is 0 Å². The monoisotopic (exact) mass is 448 g/mol. The molecule has 110 valence electrons.